The number of rotatable bonds is 4. The lowest BCUT2D eigenvalue weighted by molar-refractivity contribution is 0.431. The zero-order chi connectivity index (χ0) is 9.90. The maximum absolute atomic E-state index is 6.08. The van der Waals surface area contributed by atoms with E-state index in [1.165, 1.54) is 0 Å². The summed E-state index contributed by atoms with van der Waals surface area (Å²) >= 11 is 0. The van der Waals surface area contributed by atoms with Crippen LogP contribution in [0.3, 0.4) is 0 Å². The van der Waals surface area contributed by atoms with Gasteiger partial charge in [-0.2, -0.15) is 0 Å². The molecule has 1 rings (SSSR count). The second-order valence-corrected chi connectivity index (χ2v) is 3.81. The molecule has 0 saturated heterocycles. The van der Waals surface area contributed by atoms with E-state index in [1.807, 2.05) is 12.4 Å². The Labute approximate surface area is 80.0 Å². The van der Waals surface area contributed by atoms with E-state index < -0.39 is 0 Å². The van der Waals surface area contributed by atoms with Crippen molar-refractivity contribution in [3.8, 4) is 0 Å². The van der Waals surface area contributed by atoms with Crippen LogP contribution in [-0.4, -0.2) is 15.1 Å². The van der Waals surface area contributed by atoms with Gasteiger partial charge in [-0.25, -0.2) is 4.98 Å². The maximum atomic E-state index is 6.08. The van der Waals surface area contributed by atoms with Crippen molar-refractivity contribution in [3.05, 3.63) is 18.2 Å². The summed E-state index contributed by atoms with van der Waals surface area (Å²) in [5, 5.41) is 0. The minimum atomic E-state index is -0.127. The molecule has 13 heavy (non-hydrogen) atoms. The summed E-state index contributed by atoms with van der Waals surface area (Å²) in [6.45, 7) is 7.26. The third-order valence-electron chi connectivity index (χ3n) is 2.51. The fourth-order valence-corrected chi connectivity index (χ4v) is 1.28. The Hall–Kier alpha value is -0.830. The quantitative estimate of drug-likeness (QED) is 0.766. The molecule has 0 aromatic carbocycles. The maximum Gasteiger partial charge on any atom is 0.110 e. The number of hydrogen-bond acceptors (Lipinski definition) is 2. The monoisotopic (exact) mass is 181 g/mol. The van der Waals surface area contributed by atoms with Crippen LogP contribution < -0.4 is 5.73 Å². The fraction of sp³-hybridized carbons (Fsp3) is 0.700. The average Bonchev–Trinajstić information content (AvgIpc) is 2.51. The van der Waals surface area contributed by atoms with Gasteiger partial charge in [0.15, 0.2) is 0 Å². The highest BCUT2D eigenvalue weighted by Crippen LogP contribution is 2.12. The highest BCUT2D eigenvalue weighted by Gasteiger charge is 2.18. The van der Waals surface area contributed by atoms with Crippen molar-refractivity contribution < 1.29 is 0 Å². The lowest BCUT2D eigenvalue weighted by Crippen LogP contribution is -2.38. The normalized spacial score (nSPS) is 15.7. The van der Waals surface area contributed by atoms with E-state index in [1.54, 1.807) is 0 Å². The summed E-state index contributed by atoms with van der Waals surface area (Å²) in [7, 11) is 0. The van der Waals surface area contributed by atoms with Gasteiger partial charge in [-0.05, 0) is 20.3 Å². The summed E-state index contributed by atoms with van der Waals surface area (Å²) in [6, 6.07) is 0. The summed E-state index contributed by atoms with van der Waals surface area (Å²) < 4.78 is 2.14. The van der Waals surface area contributed by atoms with Crippen LogP contribution in [0.15, 0.2) is 12.4 Å². The Morgan fingerprint density at radius 2 is 2.23 bits per heavy atom. The molecule has 1 aromatic rings. The van der Waals surface area contributed by atoms with Gasteiger partial charge in [0.05, 0.1) is 0 Å². The number of nitrogens with zero attached hydrogens (tertiary/aromatic N) is 2. The van der Waals surface area contributed by atoms with Crippen LogP contribution in [-0.2, 0) is 13.0 Å². The van der Waals surface area contributed by atoms with Gasteiger partial charge in [-0.1, -0.05) is 6.92 Å². The summed E-state index contributed by atoms with van der Waals surface area (Å²) in [6.07, 6.45) is 5.67. The second kappa shape index (κ2) is 3.92. The highest BCUT2D eigenvalue weighted by atomic mass is 15.1. The molecule has 2 N–H and O–H groups in total. The van der Waals surface area contributed by atoms with Crippen LogP contribution in [0.1, 0.15) is 33.0 Å². The van der Waals surface area contributed by atoms with Crippen LogP contribution in [0.4, 0.5) is 0 Å². The fourth-order valence-electron chi connectivity index (χ4n) is 1.28. The van der Waals surface area contributed by atoms with Gasteiger partial charge in [0.1, 0.15) is 5.82 Å². The molecule has 0 bridgehead atoms. The molecule has 0 saturated carbocycles. The minimum absolute atomic E-state index is 0.127. The second-order valence-electron chi connectivity index (χ2n) is 3.81. The molecule has 74 valence electrons. The first-order chi connectivity index (χ1) is 6.09. The predicted molar refractivity (Wildman–Crippen MR) is 54.5 cm³/mol. The Bertz CT molecular complexity index is 263. The molecule has 3 nitrogen and oxygen atoms in total. The van der Waals surface area contributed by atoms with Gasteiger partial charge in [-0.15, -0.1) is 0 Å². The zero-order valence-electron chi connectivity index (χ0n) is 8.75. The number of aromatic nitrogens is 2. The SMILES string of the molecule is CCn1ccnc1CC(C)(N)CC. The number of hydrogen-bond donors (Lipinski definition) is 1. The smallest absolute Gasteiger partial charge is 0.110 e. The molecular weight excluding hydrogens is 162 g/mol. The minimum Gasteiger partial charge on any atom is -0.335 e. The van der Waals surface area contributed by atoms with Crippen LogP contribution in [0, 0.1) is 0 Å². The third kappa shape index (κ3) is 2.56. The van der Waals surface area contributed by atoms with E-state index in [0.717, 1.165) is 25.2 Å². The zero-order valence-corrected chi connectivity index (χ0v) is 8.75. The van der Waals surface area contributed by atoms with E-state index in [0.29, 0.717) is 0 Å². The lowest BCUT2D eigenvalue weighted by Gasteiger charge is -2.22. The van der Waals surface area contributed by atoms with Gasteiger partial charge >= 0.3 is 0 Å². The van der Waals surface area contributed by atoms with Gasteiger partial charge in [0.25, 0.3) is 0 Å². The molecule has 0 aliphatic carbocycles. The average molecular weight is 181 g/mol. The molecule has 1 aromatic heterocycles. The van der Waals surface area contributed by atoms with Crippen LogP contribution in [0.2, 0.25) is 0 Å². The summed E-state index contributed by atoms with van der Waals surface area (Å²) in [5.41, 5.74) is 5.95. The number of imidazole rings is 1. The predicted octanol–water partition coefficient (Wildman–Crippen LogP) is 1.57. The number of nitrogens with two attached hydrogens (primary N) is 1. The van der Waals surface area contributed by atoms with E-state index in [9.17, 15) is 0 Å². The van der Waals surface area contributed by atoms with E-state index in [2.05, 4.69) is 30.3 Å². The first-order valence-corrected chi connectivity index (χ1v) is 4.88. The van der Waals surface area contributed by atoms with E-state index in [4.69, 9.17) is 5.73 Å². The van der Waals surface area contributed by atoms with Crippen LogP contribution in [0.25, 0.3) is 0 Å². The molecule has 0 amide bonds. The largest absolute Gasteiger partial charge is 0.335 e. The summed E-state index contributed by atoms with van der Waals surface area (Å²) in [4.78, 5) is 4.30. The molecule has 0 radical (unpaired) electrons. The van der Waals surface area contributed by atoms with Crippen LogP contribution >= 0.6 is 0 Å². The third-order valence-corrected chi connectivity index (χ3v) is 2.51. The molecule has 1 atom stereocenters. The number of aryl methyl sites for hydroxylation is 1. The molecule has 0 aliphatic heterocycles. The highest BCUT2D eigenvalue weighted by molar-refractivity contribution is 4.98. The standard InChI is InChI=1S/C10H19N3/c1-4-10(3,11)8-9-12-6-7-13(9)5-2/h6-7H,4-5,8,11H2,1-3H3. The Morgan fingerprint density at radius 1 is 1.54 bits per heavy atom. The van der Waals surface area contributed by atoms with Crippen molar-refractivity contribution in [2.45, 2.75) is 45.7 Å². The van der Waals surface area contributed by atoms with E-state index >= 15 is 0 Å². The summed E-state index contributed by atoms with van der Waals surface area (Å²) in [5.74, 6) is 1.09. The Morgan fingerprint density at radius 3 is 2.77 bits per heavy atom. The molecular formula is C10H19N3. The van der Waals surface area contributed by atoms with Crippen molar-refractivity contribution in [1.82, 2.24) is 9.55 Å². The van der Waals surface area contributed by atoms with Gasteiger partial charge in [-0.3, -0.25) is 0 Å². The Kier molecular flexibility index (Phi) is 3.09. The van der Waals surface area contributed by atoms with Crippen molar-refractivity contribution in [3.63, 3.8) is 0 Å². The molecule has 0 fully saturated rings. The molecule has 0 spiro atoms. The molecule has 3 heteroatoms. The van der Waals surface area contributed by atoms with Crippen molar-refractivity contribution in [2.75, 3.05) is 0 Å². The lowest BCUT2D eigenvalue weighted by atomic mass is 9.96. The first kappa shape index (κ1) is 10.3. The molecule has 0 aliphatic rings. The molecule has 1 unspecified atom stereocenters. The van der Waals surface area contributed by atoms with Crippen molar-refractivity contribution >= 4 is 0 Å². The van der Waals surface area contributed by atoms with Gasteiger partial charge < -0.3 is 10.3 Å². The van der Waals surface area contributed by atoms with Gasteiger partial charge in [0.2, 0.25) is 0 Å². The topological polar surface area (TPSA) is 43.8 Å². The molecule has 1 heterocycles. The van der Waals surface area contributed by atoms with E-state index in [-0.39, 0.29) is 5.54 Å². The first-order valence-electron chi connectivity index (χ1n) is 4.88. The Balaban J connectivity index is 2.73. The van der Waals surface area contributed by atoms with Crippen molar-refractivity contribution in [2.24, 2.45) is 5.73 Å². The van der Waals surface area contributed by atoms with Gasteiger partial charge in [0, 0.05) is 30.9 Å². The van der Waals surface area contributed by atoms with Crippen LogP contribution in [0.5, 0.6) is 0 Å². The van der Waals surface area contributed by atoms with Crippen molar-refractivity contribution in [1.29, 1.82) is 0 Å².